The minimum atomic E-state index is -1.55. The number of carboxylic acids is 2. The third kappa shape index (κ3) is 5.83. The van der Waals surface area contributed by atoms with Crippen LogP contribution in [0.1, 0.15) is 12.6 Å². The Balaban J connectivity index is 1.51. The maximum Gasteiger partial charge on any atom is 0.384 e. The molecule has 2 aromatic rings. The second kappa shape index (κ2) is 11.3. The van der Waals surface area contributed by atoms with Crippen molar-refractivity contribution in [1.29, 1.82) is 0 Å². The van der Waals surface area contributed by atoms with Crippen molar-refractivity contribution in [3.05, 3.63) is 34.6 Å². The summed E-state index contributed by atoms with van der Waals surface area (Å²) in [5.41, 5.74) is 11.0. The Morgan fingerprint density at radius 2 is 2.15 bits per heavy atom. The third-order valence-electron chi connectivity index (χ3n) is 5.38. The number of rotatable bonds is 10. The number of aromatic nitrogens is 3. The third-order valence-corrected chi connectivity index (χ3v) is 8.45. The zero-order valence-electron chi connectivity index (χ0n) is 20.0. The molecule has 0 aliphatic carbocycles. The van der Waals surface area contributed by atoms with Gasteiger partial charge in [0.25, 0.3) is 11.8 Å². The average molecular weight is 596 g/mol. The molecule has 2 aliphatic heterocycles. The van der Waals surface area contributed by atoms with Crippen LogP contribution >= 0.6 is 34.9 Å². The Kier molecular flexibility index (Phi) is 8.11. The fraction of sp³-hybridized carbons (Fsp3) is 0.300. The van der Waals surface area contributed by atoms with E-state index in [1.807, 2.05) is 0 Å². The highest BCUT2D eigenvalue weighted by Gasteiger charge is 2.53. The molecule has 39 heavy (non-hydrogen) atoms. The Morgan fingerprint density at radius 1 is 1.41 bits per heavy atom. The van der Waals surface area contributed by atoms with Crippen LogP contribution in [0.2, 0.25) is 0 Å². The van der Waals surface area contributed by atoms with E-state index in [1.165, 1.54) is 41.0 Å². The highest BCUT2D eigenvalue weighted by Crippen LogP contribution is 2.41. The van der Waals surface area contributed by atoms with Gasteiger partial charge in [-0.3, -0.25) is 20.3 Å². The Bertz CT molecular complexity index is 1410. The molecule has 1 fully saturated rings. The molecule has 3 atom stereocenters. The fourth-order valence-corrected chi connectivity index (χ4v) is 6.40. The van der Waals surface area contributed by atoms with E-state index in [4.69, 9.17) is 27.3 Å². The first-order valence-electron chi connectivity index (χ1n) is 10.9. The van der Waals surface area contributed by atoms with E-state index < -0.39 is 47.0 Å². The largest absolute Gasteiger partial charge is 0.543 e. The molecule has 8 N–H and O–H groups in total. The first kappa shape index (κ1) is 27.9. The quantitative estimate of drug-likeness (QED) is 0.0351. The minimum Gasteiger partial charge on any atom is -0.543 e. The van der Waals surface area contributed by atoms with Crippen molar-refractivity contribution in [2.45, 2.75) is 29.6 Å². The smallest absolute Gasteiger partial charge is 0.384 e. The molecule has 0 spiro atoms. The monoisotopic (exact) mass is 595 g/mol. The van der Waals surface area contributed by atoms with Gasteiger partial charge in [0.1, 0.15) is 23.3 Å². The summed E-state index contributed by atoms with van der Waals surface area (Å²) in [6.45, 7) is 1.21. The molecular weight excluding hydrogens is 574 g/mol. The Morgan fingerprint density at radius 3 is 2.79 bits per heavy atom. The number of fused-ring (bicyclic) bond motifs is 1. The van der Waals surface area contributed by atoms with Gasteiger partial charge in [-0.1, -0.05) is 5.16 Å². The SMILES string of the molecule is CC(O/N=C(\C(=O)NC1C(=O)N2C(C(=O)[O-])=C(CSc3nc(N)cc[n+]3N)CS[C@H]12)c1csc(N)n1)C(=O)O. The molecule has 206 valence electrons. The Labute approximate surface area is 232 Å². The summed E-state index contributed by atoms with van der Waals surface area (Å²) >= 11 is 3.38. The molecule has 2 aliphatic rings. The second-order valence-corrected chi connectivity index (χ2v) is 11.0. The predicted octanol–water partition coefficient (Wildman–Crippen LogP) is -2.91. The number of aliphatic carboxylic acids is 2. The number of thiazole rings is 1. The van der Waals surface area contributed by atoms with Crippen LogP contribution in [0.15, 0.2) is 39.2 Å². The van der Waals surface area contributed by atoms with Gasteiger partial charge in [0.2, 0.25) is 11.9 Å². The number of anilines is 2. The summed E-state index contributed by atoms with van der Waals surface area (Å²) in [5.74, 6) is 1.97. The molecule has 0 aromatic carbocycles. The molecule has 2 amide bonds. The summed E-state index contributed by atoms with van der Waals surface area (Å²) < 4.78 is 1.23. The van der Waals surface area contributed by atoms with E-state index in [-0.39, 0.29) is 33.8 Å². The van der Waals surface area contributed by atoms with Crippen molar-refractivity contribution in [2.75, 3.05) is 28.8 Å². The zero-order chi connectivity index (χ0) is 28.4. The maximum atomic E-state index is 13.1. The fourth-order valence-electron chi connectivity index (χ4n) is 3.45. The molecule has 16 nitrogen and oxygen atoms in total. The van der Waals surface area contributed by atoms with Gasteiger partial charge in [-0.15, -0.1) is 27.8 Å². The van der Waals surface area contributed by atoms with Crippen molar-refractivity contribution in [2.24, 2.45) is 5.16 Å². The summed E-state index contributed by atoms with van der Waals surface area (Å²) in [7, 11) is 0. The first-order valence-corrected chi connectivity index (χ1v) is 13.8. The van der Waals surface area contributed by atoms with Crippen LogP contribution in [0.5, 0.6) is 0 Å². The molecule has 0 saturated carbocycles. The van der Waals surface area contributed by atoms with Gasteiger partial charge in [0.05, 0.1) is 11.7 Å². The van der Waals surface area contributed by atoms with E-state index in [0.29, 0.717) is 10.7 Å². The lowest BCUT2D eigenvalue weighted by Crippen LogP contribution is -2.71. The lowest BCUT2D eigenvalue weighted by Gasteiger charge is -2.50. The van der Waals surface area contributed by atoms with Gasteiger partial charge >= 0.3 is 11.1 Å². The molecular formula is C20H21N9O7S3. The van der Waals surface area contributed by atoms with E-state index in [9.17, 15) is 24.3 Å². The highest BCUT2D eigenvalue weighted by atomic mass is 32.2. The number of carboxylic acid groups (broad SMARTS) is 2. The van der Waals surface area contributed by atoms with Crippen molar-refractivity contribution in [3.8, 4) is 0 Å². The minimum absolute atomic E-state index is 0.00875. The summed E-state index contributed by atoms with van der Waals surface area (Å²) in [5, 5.41) is 28.3. The lowest BCUT2D eigenvalue weighted by molar-refractivity contribution is -0.682. The highest BCUT2D eigenvalue weighted by molar-refractivity contribution is 8.01. The van der Waals surface area contributed by atoms with Crippen LogP contribution in [-0.2, 0) is 24.0 Å². The summed E-state index contributed by atoms with van der Waals surface area (Å²) in [4.78, 5) is 63.2. The van der Waals surface area contributed by atoms with Crippen LogP contribution in [0.3, 0.4) is 0 Å². The van der Waals surface area contributed by atoms with Crippen molar-refractivity contribution >= 4 is 75.3 Å². The standard InChI is InChI=1S/C20H21N9O7S3/c1-7(17(32)33)36-27-11(9-6-38-19(22)24-9)14(30)26-12-15(31)29-13(18(34)35)8(4-37-16(12)29)5-39-20-25-10(21)2-3-28(20)23/h2-3,6-7,12,16,21H,4-5,23H2,1H3,(H5,22,24,26,30,32,33,34,35)/b27-11-/t7?,12?,16-/m1/s1. The van der Waals surface area contributed by atoms with Gasteiger partial charge in [0, 0.05) is 23.0 Å². The van der Waals surface area contributed by atoms with Crippen molar-refractivity contribution in [3.63, 3.8) is 0 Å². The molecule has 4 heterocycles. The Hall–Kier alpha value is -4.10. The molecule has 4 rings (SSSR count). The number of nitrogens with zero attached hydrogens (tertiary/aromatic N) is 5. The predicted molar refractivity (Wildman–Crippen MR) is 138 cm³/mol. The van der Waals surface area contributed by atoms with Crippen LogP contribution in [0.25, 0.3) is 0 Å². The van der Waals surface area contributed by atoms with E-state index in [1.54, 1.807) is 0 Å². The maximum absolute atomic E-state index is 13.1. The van der Waals surface area contributed by atoms with Crippen molar-refractivity contribution < 1.29 is 38.9 Å². The van der Waals surface area contributed by atoms with E-state index >= 15 is 0 Å². The molecule has 2 unspecified atom stereocenters. The van der Waals surface area contributed by atoms with Gasteiger partial charge in [0.15, 0.2) is 10.8 Å². The molecule has 0 bridgehead atoms. The summed E-state index contributed by atoms with van der Waals surface area (Å²) in [6.07, 6.45) is 0.128. The topological polar surface area (TPSA) is 256 Å². The molecule has 19 heteroatoms. The molecule has 1 saturated heterocycles. The first-order chi connectivity index (χ1) is 18.5. The summed E-state index contributed by atoms with van der Waals surface area (Å²) in [6, 6.07) is 0.397. The number of hydrogen-bond donors (Lipinski definition) is 5. The van der Waals surface area contributed by atoms with E-state index in [2.05, 4.69) is 20.4 Å². The van der Waals surface area contributed by atoms with Crippen LogP contribution in [-0.4, -0.2) is 78.5 Å². The number of thioether (sulfide) groups is 2. The number of amides is 2. The lowest BCUT2D eigenvalue weighted by atomic mass is 10.0. The van der Waals surface area contributed by atoms with Gasteiger partial charge in [-0.25, -0.2) is 9.78 Å². The number of hydrogen-bond acceptors (Lipinski definition) is 15. The molecule has 0 radical (unpaired) electrons. The van der Waals surface area contributed by atoms with Crippen molar-refractivity contribution in [1.82, 2.24) is 20.2 Å². The normalized spacial score (nSPS) is 19.7. The van der Waals surface area contributed by atoms with Gasteiger partial charge in [-0.05, 0) is 29.2 Å². The number of nitrogen functional groups attached to an aromatic ring is 3. The van der Waals surface area contributed by atoms with Crippen LogP contribution in [0, 0.1) is 0 Å². The number of carbonyl (C=O) groups is 4. The number of nitrogens with one attached hydrogen (secondary N) is 1. The number of carbonyl (C=O) groups excluding carboxylic acids is 3. The molecule has 2 aromatic heterocycles. The van der Waals surface area contributed by atoms with Gasteiger partial charge in [-0.2, -0.15) is 0 Å². The average Bonchev–Trinajstić information content (AvgIpc) is 3.32. The number of nitrogens with two attached hydrogens (primary N) is 3. The number of oxime groups is 1. The van der Waals surface area contributed by atoms with Crippen LogP contribution < -0.4 is 32.4 Å². The number of β-lactam (4-membered cyclic amide) rings is 1. The zero-order valence-corrected chi connectivity index (χ0v) is 22.4. The second-order valence-electron chi connectivity index (χ2n) is 8.03. The van der Waals surface area contributed by atoms with E-state index in [0.717, 1.165) is 28.0 Å². The van der Waals surface area contributed by atoms with Crippen LogP contribution in [0.4, 0.5) is 10.9 Å². The van der Waals surface area contributed by atoms with Gasteiger partial charge < -0.3 is 36.6 Å².